The lowest BCUT2D eigenvalue weighted by molar-refractivity contribution is -0.117. The molecular formula is C24H23N5O3. The minimum atomic E-state index is -0.492. The van der Waals surface area contributed by atoms with Crippen LogP contribution in [0.4, 0.5) is 5.69 Å². The number of nitrogens with one attached hydrogen (secondary N) is 2. The van der Waals surface area contributed by atoms with Gasteiger partial charge in [-0.1, -0.05) is 36.4 Å². The van der Waals surface area contributed by atoms with Crippen LogP contribution in [0.3, 0.4) is 0 Å². The molecule has 0 saturated carbocycles. The van der Waals surface area contributed by atoms with E-state index in [0.717, 1.165) is 21.4 Å². The van der Waals surface area contributed by atoms with Crippen LogP contribution in [0.15, 0.2) is 71.7 Å². The van der Waals surface area contributed by atoms with Crippen molar-refractivity contribution in [1.82, 2.24) is 19.5 Å². The summed E-state index contributed by atoms with van der Waals surface area (Å²) in [6.45, 7) is 4.04. The topological polar surface area (TPSA) is 97.5 Å². The van der Waals surface area contributed by atoms with Crippen LogP contribution in [-0.4, -0.2) is 26.0 Å². The number of pyridine rings is 1. The Labute approximate surface area is 184 Å². The highest BCUT2D eigenvalue weighted by Crippen LogP contribution is 2.13. The van der Waals surface area contributed by atoms with Crippen LogP contribution in [0.5, 0.6) is 0 Å². The molecule has 162 valence electrons. The highest BCUT2D eigenvalue weighted by molar-refractivity contribution is 5.94. The van der Waals surface area contributed by atoms with E-state index in [2.05, 4.69) is 15.7 Å². The summed E-state index contributed by atoms with van der Waals surface area (Å²) in [5, 5.41) is 9.82. The third-order valence-electron chi connectivity index (χ3n) is 4.93. The van der Waals surface area contributed by atoms with Gasteiger partial charge in [-0.15, -0.1) is 5.10 Å². The zero-order valence-corrected chi connectivity index (χ0v) is 17.8. The molecule has 0 atom stereocenters. The minimum absolute atomic E-state index is 0.233. The first-order chi connectivity index (χ1) is 15.4. The lowest BCUT2D eigenvalue weighted by Gasteiger charge is -2.07. The third-order valence-corrected chi connectivity index (χ3v) is 4.93. The fraction of sp³-hybridized carbons (Fsp3) is 0.167. The minimum Gasteiger partial charge on any atom is -0.348 e. The van der Waals surface area contributed by atoms with Gasteiger partial charge in [-0.25, -0.2) is 13.9 Å². The van der Waals surface area contributed by atoms with Crippen molar-refractivity contribution in [1.29, 1.82) is 0 Å². The number of aryl methyl sites for hydroxylation is 2. The van der Waals surface area contributed by atoms with Gasteiger partial charge in [0.1, 0.15) is 6.54 Å². The number of anilines is 1. The Kier molecular flexibility index (Phi) is 5.85. The largest absolute Gasteiger partial charge is 0.350 e. The number of aromatic nitrogens is 3. The first-order valence-electron chi connectivity index (χ1n) is 10.2. The van der Waals surface area contributed by atoms with Gasteiger partial charge in [0.25, 0.3) is 5.91 Å². The van der Waals surface area contributed by atoms with Crippen LogP contribution >= 0.6 is 0 Å². The lowest BCUT2D eigenvalue weighted by atomic mass is 10.1. The molecule has 8 heteroatoms. The quantitative estimate of drug-likeness (QED) is 0.492. The third kappa shape index (κ3) is 4.75. The van der Waals surface area contributed by atoms with E-state index in [-0.39, 0.29) is 18.4 Å². The summed E-state index contributed by atoms with van der Waals surface area (Å²) >= 11 is 0. The number of fused-ring (bicyclic) bond motifs is 1. The standard InChI is InChI=1S/C24H23N5O3/c1-16-10-17(2)12-20(11-16)26-22(30)15-29-24(32)28-14-19(8-9-21(28)27-29)23(31)25-13-18-6-4-3-5-7-18/h3-12,14H,13,15H2,1-2H3,(H,25,31)(H,26,30). The maximum Gasteiger partial charge on any atom is 0.350 e. The fourth-order valence-electron chi connectivity index (χ4n) is 3.52. The summed E-state index contributed by atoms with van der Waals surface area (Å²) in [5.74, 6) is -0.663. The number of benzene rings is 2. The summed E-state index contributed by atoms with van der Waals surface area (Å²) in [7, 11) is 0. The van der Waals surface area contributed by atoms with Gasteiger partial charge in [-0.3, -0.25) is 9.59 Å². The van der Waals surface area contributed by atoms with E-state index in [1.165, 1.54) is 10.6 Å². The maximum atomic E-state index is 12.7. The van der Waals surface area contributed by atoms with E-state index in [1.807, 2.05) is 62.4 Å². The molecule has 4 rings (SSSR count). The molecule has 0 aliphatic carbocycles. The highest BCUT2D eigenvalue weighted by atomic mass is 16.2. The van der Waals surface area contributed by atoms with Crippen molar-refractivity contribution in [3.63, 3.8) is 0 Å². The molecule has 0 aliphatic heterocycles. The smallest absolute Gasteiger partial charge is 0.348 e. The summed E-state index contributed by atoms with van der Waals surface area (Å²) in [5.41, 5.74) is 3.90. The van der Waals surface area contributed by atoms with Gasteiger partial charge in [0.05, 0.1) is 5.56 Å². The molecule has 0 unspecified atom stereocenters. The molecule has 2 aromatic carbocycles. The Balaban J connectivity index is 1.48. The molecule has 0 bridgehead atoms. The Morgan fingerprint density at radius 2 is 1.69 bits per heavy atom. The van der Waals surface area contributed by atoms with Crippen LogP contribution in [0.1, 0.15) is 27.0 Å². The predicted octanol–water partition coefficient (Wildman–Crippen LogP) is 2.68. The highest BCUT2D eigenvalue weighted by Gasteiger charge is 2.14. The molecule has 2 heterocycles. The second kappa shape index (κ2) is 8.89. The molecule has 0 fully saturated rings. The van der Waals surface area contributed by atoms with Gasteiger partial charge >= 0.3 is 5.69 Å². The number of hydrogen-bond acceptors (Lipinski definition) is 4. The van der Waals surface area contributed by atoms with Crippen LogP contribution in [-0.2, 0) is 17.9 Å². The second-order valence-electron chi connectivity index (χ2n) is 7.68. The molecule has 0 radical (unpaired) electrons. The molecule has 32 heavy (non-hydrogen) atoms. The van der Waals surface area contributed by atoms with Crippen LogP contribution < -0.4 is 16.3 Å². The van der Waals surface area contributed by atoms with E-state index in [1.54, 1.807) is 12.1 Å². The molecular weight excluding hydrogens is 406 g/mol. The number of rotatable bonds is 6. The van der Waals surface area contributed by atoms with E-state index in [9.17, 15) is 14.4 Å². The van der Waals surface area contributed by atoms with E-state index in [4.69, 9.17) is 0 Å². The Hall–Kier alpha value is -4.20. The lowest BCUT2D eigenvalue weighted by Crippen LogP contribution is -2.28. The SMILES string of the molecule is Cc1cc(C)cc(NC(=O)Cn2nc3ccc(C(=O)NCc4ccccc4)cn3c2=O)c1. The zero-order chi connectivity index (χ0) is 22.7. The molecule has 2 amide bonds. The molecule has 4 aromatic rings. The Morgan fingerprint density at radius 1 is 0.969 bits per heavy atom. The van der Waals surface area contributed by atoms with E-state index in [0.29, 0.717) is 23.4 Å². The van der Waals surface area contributed by atoms with Crippen molar-refractivity contribution in [3.8, 4) is 0 Å². The summed E-state index contributed by atoms with van der Waals surface area (Å²) in [6.07, 6.45) is 1.43. The zero-order valence-electron chi connectivity index (χ0n) is 17.8. The van der Waals surface area contributed by atoms with Crippen LogP contribution in [0.2, 0.25) is 0 Å². The van der Waals surface area contributed by atoms with Gasteiger partial charge in [0.15, 0.2) is 5.65 Å². The summed E-state index contributed by atoms with van der Waals surface area (Å²) in [4.78, 5) is 37.7. The van der Waals surface area contributed by atoms with Crippen molar-refractivity contribution < 1.29 is 9.59 Å². The fourth-order valence-corrected chi connectivity index (χ4v) is 3.52. The van der Waals surface area contributed by atoms with E-state index < -0.39 is 5.69 Å². The maximum absolute atomic E-state index is 12.7. The average molecular weight is 429 g/mol. The van der Waals surface area contributed by atoms with Crippen LogP contribution in [0.25, 0.3) is 5.65 Å². The number of carbonyl (C=O) groups excluding carboxylic acids is 2. The van der Waals surface area contributed by atoms with Crippen molar-refractivity contribution in [3.05, 3.63) is 99.6 Å². The molecule has 2 N–H and O–H groups in total. The van der Waals surface area contributed by atoms with Crippen molar-refractivity contribution in [2.24, 2.45) is 0 Å². The normalized spacial score (nSPS) is 10.8. The van der Waals surface area contributed by atoms with Crippen LogP contribution in [0, 0.1) is 13.8 Å². The predicted molar refractivity (Wildman–Crippen MR) is 122 cm³/mol. The first kappa shape index (κ1) is 21.0. The number of hydrogen-bond donors (Lipinski definition) is 2. The number of nitrogens with zero attached hydrogens (tertiary/aromatic N) is 3. The van der Waals surface area contributed by atoms with Gasteiger partial charge in [-0.2, -0.15) is 0 Å². The van der Waals surface area contributed by atoms with Crippen molar-refractivity contribution >= 4 is 23.1 Å². The van der Waals surface area contributed by atoms with Gasteiger partial charge < -0.3 is 10.6 Å². The number of amides is 2. The van der Waals surface area contributed by atoms with Crippen molar-refractivity contribution in [2.75, 3.05) is 5.32 Å². The number of carbonyl (C=O) groups is 2. The Morgan fingerprint density at radius 3 is 2.41 bits per heavy atom. The molecule has 0 spiro atoms. The first-order valence-corrected chi connectivity index (χ1v) is 10.2. The molecule has 8 nitrogen and oxygen atoms in total. The summed E-state index contributed by atoms with van der Waals surface area (Å²) < 4.78 is 2.35. The Bertz CT molecular complexity index is 1340. The average Bonchev–Trinajstić information content (AvgIpc) is 3.06. The second-order valence-corrected chi connectivity index (χ2v) is 7.68. The monoisotopic (exact) mass is 429 g/mol. The van der Waals surface area contributed by atoms with E-state index >= 15 is 0 Å². The molecule has 0 aliphatic rings. The molecule has 2 aromatic heterocycles. The van der Waals surface area contributed by atoms with Gasteiger partial charge in [0.2, 0.25) is 5.91 Å². The van der Waals surface area contributed by atoms with Gasteiger partial charge in [0, 0.05) is 18.4 Å². The summed E-state index contributed by atoms with van der Waals surface area (Å²) in [6, 6.07) is 18.5. The van der Waals surface area contributed by atoms with Gasteiger partial charge in [-0.05, 0) is 54.8 Å². The molecule has 0 saturated heterocycles. The van der Waals surface area contributed by atoms with Crippen molar-refractivity contribution in [2.45, 2.75) is 26.9 Å².